The number of amides is 1. The number of methoxy groups -OCH3 is 1. The predicted molar refractivity (Wildman–Crippen MR) is 152 cm³/mol. The quantitative estimate of drug-likeness (QED) is 0.359. The SMILES string of the molecule is COC1(C(=O)N2CCN(c3c(F)c(S(=O)(=O)NC4(CF)CC4)cc4c3nc(C3CCC3)n4-c3nnc(CF)s3)CC2)CC1. The predicted octanol–water partition coefficient (Wildman–Crippen LogP) is 3.36. The van der Waals surface area contributed by atoms with Crippen molar-refractivity contribution < 1.29 is 31.1 Å². The molecular formula is C27H32F3N7O4S2. The Morgan fingerprint density at radius 1 is 1.14 bits per heavy atom. The normalized spacial score (nSPS) is 21.3. The van der Waals surface area contributed by atoms with E-state index < -0.39 is 45.2 Å². The minimum absolute atomic E-state index is 0.00231. The lowest BCUT2D eigenvalue weighted by Crippen LogP contribution is -2.52. The van der Waals surface area contributed by atoms with Crippen molar-refractivity contribution in [3.8, 4) is 5.13 Å². The second-order valence-corrected chi connectivity index (χ2v) is 14.6. The molecule has 1 amide bonds. The minimum Gasteiger partial charge on any atom is -0.368 e. The maximum Gasteiger partial charge on any atom is 0.254 e. The van der Waals surface area contributed by atoms with Crippen LogP contribution in [0.3, 0.4) is 0 Å². The van der Waals surface area contributed by atoms with Gasteiger partial charge in [-0.25, -0.2) is 31.3 Å². The van der Waals surface area contributed by atoms with E-state index >= 15 is 4.39 Å². The van der Waals surface area contributed by atoms with Gasteiger partial charge >= 0.3 is 0 Å². The number of nitrogens with one attached hydrogen (secondary N) is 1. The lowest BCUT2D eigenvalue weighted by atomic mass is 9.85. The molecule has 1 saturated heterocycles. The first-order valence-corrected chi connectivity index (χ1v) is 16.8. The zero-order valence-corrected chi connectivity index (χ0v) is 25.2. The van der Waals surface area contributed by atoms with Crippen LogP contribution in [0.15, 0.2) is 11.0 Å². The van der Waals surface area contributed by atoms with E-state index in [1.807, 2.05) is 0 Å². The molecule has 3 saturated carbocycles. The van der Waals surface area contributed by atoms with Crippen LogP contribution in [0.1, 0.15) is 61.7 Å². The van der Waals surface area contributed by atoms with Gasteiger partial charge in [0.15, 0.2) is 5.82 Å². The van der Waals surface area contributed by atoms with Gasteiger partial charge in [0, 0.05) is 39.2 Å². The summed E-state index contributed by atoms with van der Waals surface area (Å²) in [6.07, 6.45) is 4.60. The zero-order valence-electron chi connectivity index (χ0n) is 23.6. The molecule has 16 heteroatoms. The van der Waals surface area contributed by atoms with Gasteiger partial charge in [-0.3, -0.25) is 9.36 Å². The number of carbonyl (C=O) groups excluding carboxylic acids is 1. The molecule has 2 aromatic heterocycles. The molecule has 0 unspecified atom stereocenters. The number of carbonyl (C=O) groups is 1. The number of anilines is 1. The number of benzene rings is 1. The fourth-order valence-electron chi connectivity index (χ4n) is 5.98. The third-order valence-corrected chi connectivity index (χ3v) is 11.7. The third kappa shape index (κ3) is 4.80. The third-order valence-electron chi connectivity index (χ3n) is 9.20. The summed E-state index contributed by atoms with van der Waals surface area (Å²) >= 11 is 1.02. The van der Waals surface area contributed by atoms with Gasteiger partial charge in [-0.15, -0.1) is 10.2 Å². The molecule has 3 heterocycles. The molecule has 4 aliphatic rings. The number of imidazole rings is 1. The highest BCUT2D eigenvalue weighted by Crippen LogP contribution is 2.45. The standard InChI is InChI=1S/C27H32F3N7O4S2/c1-41-27(7-8-27)24(38)36-11-9-35(10-12-36)22-20(30)18(43(39,40)34-26(15-29)5-6-26)13-17-21(22)31-23(16-3-2-4-16)37(17)25-33-32-19(14-28)42-25/h13,16,34H,2-12,14-15H2,1H3. The van der Waals surface area contributed by atoms with Crippen molar-refractivity contribution in [2.75, 3.05) is 44.9 Å². The molecule has 43 heavy (non-hydrogen) atoms. The van der Waals surface area contributed by atoms with Crippen molar-refractivity contribution in [2.24, 2.45) is 0 Å². The van der Waals surface area contributed by atoms with E-state index in [0.29, 0.717) is 42.2 Å². The molecule has 1 N–H and O–H groups in total. The maximum absolute atomic E-state index is 16.6. The van der Waals surface area contributed by atoms with Gasteiger partial charge in [-0.05, 0) is 44.6 Å². The Kier molecular flexibility index (Phi) is 6.98. The molecule has 232 valence electrons. The number of ether oxygens (including phenoxy) is 1. The Bertz CT molecular complexity index is 1690. The van der Waals surface area contributed by atoms with Crippen LogP contribution >= 0.6 is 11.3 Å². The Morgan fingerprint density at radius 2 is 1.86 bits per heavy atom. The van der Waals surface area contributed by atoms with E-state index in [-0.39, 0.29) is 54.2 Å². The van der Waals surface area contributed by atoms with Crippen molar-refractivity contribution in [1.82, 2.24) is 29.4 Å². The molecule has 1 aromatic carbocycles. The first kappa shape index (κ1) is 28.9. The van der Waals surface area contributed by atoms with E-state index in [1.54, 1.807) is 14.4 Å². The van der Waals surface area contributed by atoms with Gasteiger partial charge in [0.25, 0.3) is 5.91 Å². The monoisotopic (exact) mass is 639 g/mol. The lowest BCUT2D eigenvalue weighted by Gasteiger charge is -2.37. The van der Waals surface area contributed by atoms with Gasteiger partial charge in [-0.1, -0.05) is 17.8 Å². The van der Waals surface area contributed by atoms with Crippen LogP contribution in [-0.4, -0.2) is 90.1 Å². The molecule has 0 radical (unpaired) electrons. The summed E-state index contributed by atoms with van der Waals surface area (Å²) in [6, 6.07) is 1.21. The molecule has 7 rings (SSSR count). The second-order valence-electron chi connectivity index (χ2n) is 11.9. The Morgan fingerprint density at radius 3 is 2.40 bits per heavy atom. The van der Waals surface area contributed by atoms with Gasteiger partial charge in [-0.2, -0.15) is 0 Å². The highest BCUT2D eigenvalue weighted by molar-refractivity contribution is 7.89. The van der Waals surface area contributed by atoms with Crippen LogP contribution in [0.2, 0.25) is 0 Å². The first-order valence-electron chi connectivity index (χ1n) is 14.5. The highest BCUT2D eigenvalue weighted by Gasteiger charge is 2.53. The van der Waals surface area contributed by atoms with E-state index in [4.69, 9.17) is 9.72 Å². The smallest absolute Gasteiger partial charge is 0.254 e. The topological polar surface area (TPSA) is 123 Å². The number of fused-ring (bicyclic) bond motifs is 1. The molecule has 4 fully saturated rings. The summed E-state index contributed by atoms with van der Waals surface area (Å²) in [4.78, 5) is 20.7. The van der Waals surface area contributed by atoms with E-state index in [9.17, 15) is 22.0 Å². The number of halogens is 3. The average Bonchev–Trinajstić information content (AvgIpc) is 3.85. The van der Waals surface area contributed by atoms with Gasteiger partial charge in [0.1, 0.15) is 45.9 Å². The van der Waals surface area contributed by atoms with Crippen molar-refractivity contribution in [3.63, 3.8) is 0 Å². The van der Waals surface area contributed by atoms with E-state index in [1.165, 1.54) is 13.2 Å². The molecule has 3 aromatic rings. The van der Waals surface area contributed by atoms with Crippen LogP contribution < -0.4 is 9.62 Å². The Hall–Kier alpha value is -2.82. The van der Waals surface area contributed by atoms with Crippen LogP contribution in [0, 0.1) is 5.82 Å². The fourth-order valence-corrected chi connectivity index (χ4v) is 8.22. The molecule has 3 aliphatic carbocycles. The highest BCUT2D eigenvalue weighted by atomic mass is 32.2. The molecule has 11 nitrogen and oxygen atoms in total. The molecule has 0 bridgehead atoms. The Labute approximate surface area is 250 Å². The Balaban J connectivity index is 1.36. The number of sulfonamides is 1. The van der Waals surface area contributed by atoms with Crippen molar-refractivity contribution in [2.45, 2.75) is 73.6 Å². The minimum atomic E-state index is -4.50. The van der Waals surface area contributed by atoms with E-state index in [0.717, 1.165) is 30.6 Å². The molecular weight excluding hydrogens is 607 g/mol. The largest absolute Gasteiger partial charge is 0.368 e. The van der Waals surface area contributed by atoms with Crippen molar-refractivity contribution in [1.29, 1.82) is 0 Å². The van der Waals surface area contributed by atoms with Crippen LogP contribution in [0.5, 0.6) is 0 Å². The summed E-state index contributed by atoms with van der Waals surface area (Å²) in [5.41, 5.74) is -1.49. The number of hydrogen-bond acceptors (Lipinski definition) is 9. The average molecular weight is 640 g/mol. The lowest BCUT2D eigenvalue weighted by molar-refractivity contribution is -0.144. The summed E-state index contributed by atoms with van der Waals surface area (Å²) in [5, 5.41) is 8.52. The zero-order chi connectivity index (χ0) is 30.1. The summed E-state index contributed by atoms with van der Waals surface area (Å²) in [6.45, 7) is -0.665. The molecule has 0 atom stereocenters. The summed E-state index contributed by atoms with van der Waals surface area (Å²) in [7, 11) is -2.98. The first-order chi connectivity index (χ1) is 20.6. The second kappa shape index (κ2) is 10.4. The number of piperazine rings is 1. The number of rotatable bonds is 10. The van der Waals surface area contributed by atoms with Crippen LogP contribution in [0.25, 0.3) is 16.2 Å². The maximum atomic E-state index is 16.6. The number of nitrogens with zero attached hydrogens (tertiary/aromatic N) is 6. The van der Waals surface area contributed by atoms with E-state index in [2.05, 4.69) is 14.9 Å². The van der Waals surface area contributed by atoms with Crippen molar-refractivity contribution in [3.05, 3.63) is 22.7 Å². The van der Waals surface area contributed by atoms with Gasteiger partial charge in [0.2, 0.25) is 15.2 Å². The van der Waals surface area contributed by atoms with Crippen molar-refractivity contribution >= 4 is 44.0 Å². The van der Waals surface area contributed by atoms with Gasteiger partial charge < -0.3 is 14.5 Å². The molecule has 0 spiro atoms. The van der Waals surface area contributed by atoms with Gasteiger partial charge in [0.05, 0.1) is 11.1 Å². The fraction of sp³-hybridized carbons (Fsp3) is 0.630. The summed E-state index contributed by atoms with van der Waals surface area (Å²) < 4.78 is 80.6. The van der Waals surface area contributed by atoms with Crippen LogP contribution in [-0.2, 0) is 26.2 Å². The van der Waals surface area contributed by atoms with Crippen LogP contribution in [0.4, 0.5) is 18.9 Å². The number of alkyl halides is 2. The molecule has 1 aliphatic heterocycles. The summed E-state index contributed by atoms with van der Waals surface area (Å²) in [5.74, 6) is -0.480. The number of hydrogen-bond donors (Lipinski definition) is 1. The number of aromatic nitrogens is 4.